The molecule has 0 radical (unpaired) electrons. The van der Waals surface area contributed by atoms with E-state index in [0.717, 1.165) is 28.8 Å². The Labute approximate surface area is 99.7 Å². The maximum Gasteiger partial charge on any atom is 0.134 e. The van der Waals surface area contributed by atoms with Crippen LogP contribution in [0.15, 0.2) is 59.0 Å². The Bertz CT molecular complexity index is 604. The van der Waals surface area contributed by atoms with Crippen molar-refractivity contribution in [3.63, 3.8) is 0 Å². The summed E-state index contributed by atoms with van der Waals surface area (Å²) < 4.78 is 5.77. The molecule has 2 nitrogen and oxygen atoms in total. The fourth-order valence-electron chi connectivity index (χ4n) is 1.96. The van der Waals surface area contributed by atoms with Gasteiger partial charge in [0.25, 0.3) is 0 Å². The first kappa shape index (κ1) is 9.97. The van der Waals surface area contributed by atoms with Gasteiger partial charge in [-0.15, -0.1) is 0 Å². The van der Waals surface area contributed by atoms with E-state index in [1.807, 2.05) is 42.5 Å². The van der Waals surface area contributed by atoms with E-state index < -0.39 is 0 Å². The van der Waals surface area contributed by atoms with Crippen molar-refractivity contribution in [2.24, 2.45) is 0 Å². The lowest BCUT2D eigenvalue weighted by Gasteiger charge is -1.98. The van der Waals surface area contributed by atoms with E-state index in [2.05, 4.69) is 12.1 Å². The Balaban J connectivity index is 1.92. The van der Waals surface area contributed by atoms with Crippen molar-refractivity contribution < 1.29 is 4.42 Å². The van der Waals surface area contributed by atoms with Gasteiger partial charge >= 0.3 is 0 Å². The second kappa shape index (κ2) is 3.98. The van der Waals surface area contributed by atoms with E-state index in [-0.39, 0.29) is 0 Å². The van der Waals surface area contributed by atoms with Crippen molar-refractivity contribution in [3.8, 4) is 0 Å². The zero-order chi connectivity index (χ0) is 11.7. The summed E-state index contributed by atoms with van der Waals surface area (Å²) in [6.45, 7) is 0. The number of benzene rings is 2. The van der Waals surface area contributed by atoms with E-state index in [4.69, 9.17) is 10.2 Å². The number of nitrogens with two attached hydrogens (primary N) is 1. The van der Waals surface area contributed by atoms with Crippen LogP contribution < -0.4 is 5.73 Å². The molecular formula is C15H13NO. The lowest BCUT2D eigenvalue weighted by molar-refractivity contribution is 0.563. The van der Waals surface area contributed by atoms with Crippen molar-refractivity contribution in [2.45, 2.75) is 6.42 Å². The normalized spacial score (nSPS) is 10.8. The molecule has 0 fully saturated rings. The molecule has 0 aliphatic rings. The second-order valence-electron chi connectivity index (χ2n) is 4.17. The summed E-state index contributed by atoms with van der Waals surface area (Å²) in [6, 6.07) is 18.0. The van der Waals surface area contributed by atoms with Crippen LogP contribution in [0.4, 0.5) is 5.69 Å². The van der Waals surface area contributed by atoms with Crippen LogP contribution in [-0.4, -0.2) is 0 Å². The van der Waals surface area contributed by atoms with Gasteiger partial charge in [-0.25, -0.2) is 0 Å². The molecule has 17 heavy (non-hydrogen) atoms. The zero-order valence-corrected chi connectivity index (χ0v) is 9.39. The Kier molecular flexibility index (Phi) is 2.33. The van der Waals surface area contributed by atoms with Gasteiger partial charge < -0.3 is 10.2 Å². The van der Waals surface area contributed by atoms with E-state index in [1.165, 1.54) is 5.56 Å². The van der Waals surface area contributed by atoms with Crippen molar-refractivity contribution in [1.82, 2.24) is 0 Å². The number of rotatable bonds is 2. The number of nitrogen functional groups attached to an aromatic ring is 1. The maximum absolute atomic E-state index is 5.77. The first-order chi connectivity index (χ1) is 8.31. The summed E-state index contributed by atoms with van der Waals surface area (Å²) in [5.74, 6) is 0.982. The molecule has 0 unspecified atom stereocenters. The van der Waals surface area contributed by atoms with Crippen molar-refractivity contribution >= 4 is 16.7 Å². The van der Waals surface area contributed by atoms with Crippen LogP contribution in [-0.2, 0) is 6.42 Å². The molecule has 2 N–H and O–H groups in total. The molecule has 0 amide bonds. The molecule has 84 valence electrons. The standard InChI is InChI=1S/C15H13NO/c16-13-7-5-11(6-8-13)9-14-10-12-3-1-2-4-15(12)17-14/h1-8,10H,9,16H2. The third kappa shape index (κ3) is 2.02. The van der Waals surface area contributed by atoms with Crippen LogP contribution in [0.25, 0.3) is 11.0 Å². The minimum Gasteiger partial charge on any atom is -0.461 e. The summed E-state index contributed by atoms with van der Waals surface area (Å²) in [5.41, 5.74) is 8.60. The maximum atomic E-state index is 5.77. The van der Waals surface area contributed by atoms with Crippen molar-refractivity contribution in [2.75, 3.05) is 5.73 Å². The topological polar surface area (TPSA) is 39.2 Å². The monoisotopic (exact) mass is 223 g/mol. The predicted octanol–water partition coefficient (Wildman–Crippen LogP) is 3.61. The zero-order valence-electron chi connectivity index (χ0n) is 9.39. The summed E-state index contributed by atoms with van der Waals surface area (Å²) in [7, 11) is 0. The molecule has 0 saturated heterocycles. The molecule has 0 saturated carbocycles. The van der Waals surface area contributed by atoms with Gasteiger partial charge in [-0.3, -0.25) is 0 Å². The minimum absolute atomic E-state index is 0.790. The summed E-state index contributed by atoms with van der Waals surface area (Å²) >= 11 is 0. The van der Waals surface area contributed by atoms with E-state index >= 15 is 0 Å². The van der Waals surface area contributed by atoms with Crippen LogP contribution in [0.2, 0.25) is 0 Å². The quantitative estimate of drug-likeness (QED) is 0.674. The molecule has 0 aliphatic carbocycles. The van der Waals surface area contributed by atoms with E-state index in [1.54, 1.807) is 0 Å². The number of hydrogen-bond donors (Lipinski definition) is 1. The fourth-order valence-corrected chi connectivity index (χ4v) is 1.96. The smallest absolute Gasteiger partial charge is 0.134 e. The molecule has 0 aliphatic heterocycles. The van der Waals surface area contributed by atoms with Gasteiger partial charge in [-0.05, 0) is 29.8 Å². The first-order valence-electron chi connectivity index (χ1n) is 5.63. The van der Waals surface area contributed by atoms with Gasteiger partial charge in [-0.2, -0.15) is 0 Å². The average molecular weight is 223 g/mol. The van der Waals surface area contributed by atoms with Crippen LogP contribution in [0.5, 0.6) is 0 Å². The van der Waals surface area contributed by atoms with Gasteiger partial charge in [-0.1, -0.05) is 30.3 Å². The molecule has 0 atom stereocenters. The summed E-state index contributed by atoms with van der Waals surface area (Å²) in [6.07, 6.45) is 0.801. The fraction of sp³-hybridized carbons (Fsp3) is 0.0667. The van der Waals surface area contributed by atoms with Gasteiger partial charge in [0, 0.05) is 17.5 Å². The number of para-hydroxylation sites is 1. The number of fused-ring (bicyclic) bond motifs is 1. The van der Waals surface area contributed by atoms with Gasteiger partial charge in [0.1, 0.15) is 11.3 Å². The predicted molar refractivity (Wildman–Crippen MR) is 69.9 cm³/mol. The highest BCUT2D eigenvalue weighted by Crippen LogP contribution is 2.21. The molecular weight excluding hydrogens is 210 g/mol. The molecule has 2 heteroatoms. The Morgan fingerprint density at radius 3 is 2.47 bits per heavy atom. The second-order valence-corrected chi connectivity index (χ2v) is 4.17. The molecule has 1 aromatic heterocycles. The third-order valence-corrected chi connectivity index (χ3v) is 2.83. The molecule has 3 aromatic rings. The van der Waals surface area contributed by atoms with Gasteiger partial charge in [0.2, 0.25) is 0 Å². The van der Waals surface area contributed by atoms with Gasteiger partial charge in [0.05, 0.1) is 0 Å². The van der Waals surface area contributed by atoms with E-state index in [9.17, 15) is 0 Å². The molecule has 2 aromatic carbocycles. The summed E-state index contributed by atoms with van der Waals surface area (Å²) in [4.78, 5) is 0. The number of furan rings is 1. The summed E-state index contributed by atoms with van der Waals surface area (Å²) in [5, 5.41) is 1.15. The van der Waals surface area contributed by atoms with Crippen molar-refractivity contribution in [1.29, 1.82) is 0 Å². The molecule has 0 bridgehead atoms. The van der Waals surface area contributed by atoms with E-state index in [0.29, 0.717) is 0 Å². The van der Waals surface area contributed by atoms with Crippen LogP contribution in [0, 0.1) is 0 Å². The molecule has 1 heterocycles. The lowest BCUT2D eigenvalue weighted by atomic mass is 10.1. The highest BCUT2D eigenvalue weighted by molar-refractivity contribution is 5.77. The third-order valence-electron chi connectivity index (χ3n) is 2.83. The number of hydrogen-bond acceptors (Lipinski definition) is 2. The molecule has 3 rings (SSSR count). The van der Waals surface area contributed by atoms with Gasteiger partial charge in [0.15, 0.2) is 0 Å². The van der Waals surface area contributed by atoms with Crippen molar-refractivity contribution in [3.05, 3.63) is 65.9 Å². The van der Waals surface area contributed by atoms with Crippen LogP contribution in [0.1, 0.15) is 11.3 Å². The Morgan fingerprint density at radius 1 is 0.941 bits per heavy atom. The highest BCUT2D eigenvalue weighted by Gasteiger charge is 2.03. The highest BCUT2D eigenvalue weighted by atomic mass is 16.3. The van der Waals surface area contributed by atoms with Crippen LogP contribution >= 0.6 is 0 Å². The van der Waals surface area contributed by atoms with Crippen LogP contribution in [0.3, 0.4) is 0 Å². The average Bonchev–Trinajstić information content (AvgIpc) is 2.74. The minimum atomic E-state index is 0.790. The molecule has 0 spiro atoms. The first-order valence-corrected chi connectivity index (χ1v) is 5.63. The Hall–Kier alpha value is -2.22. The Morgan fingerprint density at radius 2 is 1.71 bits per heavy atom. The lowest BCUT2D eigenvalue weighted by Crippen LogP contribution is -1.87. The largest absolute Gasteiger partial charge is 0.461 e. The number of anilines is 1. The SMILES string of the molecule is Nc1ccc(Cc2cc3ccccc3o2)cc1.